The third kappa shape index (κ3) is 4.04. The number of nitrogens with zero attached hydrogens (tertiary/aromatic N) is 1. The van der Waals surface area contributed by atoms with Crippen molar-refractivity contribution in [2.24, 2.45) is 5.84 Å². The number of hydrogen-bond acceptors (Lipinski definition) is 6. The molecule has 1 aromatic rings. The van der Waals surface area contributed by atoms with E-state index in [-0.39, 0.29) is 19.3 Å². The van der Waals surface area contributed by atoms with E-state index in [0.717, 1.165) is 22.9 Å². The minimum absolute atomic E-state index is 0.141. The second kappa shape index (κ2) is 8.80. The molecule has 0 radical (unpaired) electrons. The lowest BCUT2D eigenvalue weighted by Gasteiger charge is -2.35. The van der Waals surface area contributed by atoms with Gasteiger partial charge in [-0.05, 0) is 30.5 Å². The van der Waals surface area contributed by atoms with Gasteiger partial charge < -0.3 is 19.7 Å². The van der Waals surface area contributed by atoms with Gasteiger partial charge in [-0.15, -0.1) is 0 Å². The molecule has 0 aromatic heterocycles. The predicted molar refractivity (Wildman–Crippen MR) is 96.0 cm³/mol. The van der Waals surface area contributed by atoms with E-state index >= 15 is 0 Å². The topological polar surface area (TPSA) is 88.2 Å². The summed E-state index contributed by atoms with van der Waals surface area (Å²) in [5.74, 6) is 6.80. The van der Waals surface area contributed by atoms with Crippen molar-refractivity contribution in [3.8, 4) is 5.75 Å². The number of rotatable bonds is 8. The van der Waals surface area contributed by atoms with E-state index in [2.05, 4.69) is 15.9 Å². The molecule has 1 fully saturated rings. The van der Waals surface area contributed by atoms with Gasteiger partial charge in [0.2, 0.25) is 0 Å². The van der Waals surface area contributed by atoms with Crippen molar-refractivity contribution in [2.75, 3.05) is 33.5 Å². The molecule has 0 saturated carbocycles. The van der Waals surface area contributed by atoms with Crippen LogP contribution in [-0.2, 0) is 4.74 Å². The van der Waals surface area contributed by atoms with Crippen LogP contribution >= 0.6 is 27.5 Å². The number of halogens is 2. The van der Waals surface area contributed by atoms with Crippen LogP contribution in [0.25, 0.3) is 0 Å². The standard InChI is InChI=1S/C16H24BrClN2O4/c1-23-5-2-6-24-15-7-11(12(17)8-13(15)18)14-3-4-16(9-21,10-22)20(14)19/h7-8,14,21-22H,2-6,9-10,19H2,1H3/t14-/m1/s1. The first kappa shape index (κ1) is 19.9. The molecule has 0 bridgehead atoms. The Morgan fingerprint density at radius 3 is 2.67 bits per heavy atom. The maximum absolute atomic E-state index is 9.64. The Kier molecular flexibility index (Phi) is 7.30. The van der Waals surface area contributed by atoms with Gasteiger partial charge in [0, 0.05) is 24.6 Å². The number of nitrogens with two attached hydrogens (primary N) is 1. The molecule has 0 unspecified atom stereocenters. The van der Waals surface area contributed by atoms with Crippen molar-refractivity contribution in [3.63, 3.8) is 0 Å². The average molecular weight is 424 g/mol. The molecular formula is C16H24BrClN2O4. The highest BCUT2D eigenvalue weighted by Gasteiger charge is 2.45. The van der Waals surface area contributed by atoms with Crippen LogP contribution in [0.5, 0.6) is 5.75 Å². The van der Waals surface area contributed by atoms with E-state index in [1.807, 2.05) is 6.07 Å². The quantitative estimate of drug-likeness (QED) is 0.439. The van der Waals surface area contributed by atoms with E-state index in [9.17, 15) is 10.2 Å². The molecule has 1 heterocycles. The smallest absolute Gasteiger partial charge is 0.138 e. The van der Waals surface area contributed by atoms with Crippen molar-refractivity contribution in [2.45, 2.75) is 30.8 Å². The molecule has 136 valence electrons. The highest BCUT2D eigenvalue weighted by molar-refractivity contribution is 9.10. The number of hydrazine groups is 1. The number of aliphatic hydroxyl groups excluding tert-OH is 2. The van der Waals surface area contributed by atoms with Crippen LogP contribution in [0, 0.1) is 0 Å². The Bertz CT molecular complexity index is 557. The lowest BCUT2D eigenvalue weighted by Crippen LogP contribution is -2.54. The van der Waals surface area contributed by atoms with Gasteiger partial charge in [-0.2, -0.15) is 0 Å². The van der Waals surface area contributed by atoms with Crippen LogP contribution in [0.2, 0.25) is 5.02 Å². The van der Waals surface area contributed by atoms with Gasteiger partial charge in [0.05, 0.1) is 36.4 Å². The predicted octanol–water partition coefficient (Wildman–Crippen LogP) is 2.25. The number of benzene rings is 1. The zero-order valence-corrected chi connectivity index (χ0v) is 16.0. The Balaban J connectivity index is 2.21. The second-order valence-corrected chi connectivity index (χ2v) is 7.26. The fourth-order valence-corrected chi connectivity index (χ4v) is 3.93. The minimum atomic E-state index is -0.802. The Morgan fingerprint density at radius 2 is 2.08 bits per heavy atom. The summed E-state index contributed by atoms with van der Waals surface area (Å²) < 4.78 is 11.6. The maximum Gasteiger partial charge on any atom is 0.138 e. The third-order valence-corrected chi connectivity index (χ3v) is 5.50. The fraction of sp³-hybridized carbons (Fsp3) is 0.625. The van der Waals surface area contributed by atoms with Gasteiger partial charge in [-0.25, -0.2) is 5.01 Å². The molecule has 2 rings (SSSR count). The van der Waals surface area contributed by atoms with Crippen molar-refractivity contribution >= 4 is 27.5 Å². The van der Waals surface area contributed by atoms with Crippen molar-refractivity contribution < 1.29 is 19.7 Å². The van der Waals surface area contributed by atoms with Gasteiger partial charge in [-0.1, -0.05) is 27.5 Å². The number of hydrogen-bond donors (Lipinski definition) is 3. The summed E-state index contributed by atoms with van der Waals surface area (Å²) in [6.07, 6.45) is 2.10. The lowest BCUT2D eigenvalue weighted by atomic mass is 9.99. The first-order valence-corrected chi connectivity index (χ1v) is 9.02. The molecule has 8 heteroatoms. The summed E-state index contributed by atoms with van der Waals surface area (Å²) in [5, 5.41) is 21.3. The van der Waals surface area contributed by atoms with E-state index in [1.54, 1.807) is 18.2 Å². The van der Waals surface area contributed by atoms with Crippen molar-refractivity contribution in [1.82, 2.24) is 5.01 Å². The summed E-state index contributed by atoms with van der Waals surface area (Å²) >= 11 is 9.78. The summed E-state index contributed by atoms with van der Waals surface area (Å²) in [6.45, 7) is 0.739. The fourth-order valence-electron chi connectivity index (χ4n) is 2.98. The van der Waals surface area contributed by atoms with Gasteiger partial charge in [0.1, 0.15) is 5.75 Å². The second-order valence-electron chi connectivity index (χ2n) is 6.00. The van der Waals surface area contributed by atoms with Crippen LogP contribution < -0.4 is 10.6 Å². The van der Waals surface area contributed by atoms with Crippen molar-refractivity contribution in [3.05, 3.63) is 27.2 Å². The molecule has 1 aliphatic heterocycles. The van der Waals surface area contributed by atoms with Crippen LogP contribution in [0.15, 0.2) is 16.6 Å². The zero-order chi connectivity index (χ0) is 17.7. The molecule has 1 saturated heterocycles. The summed E-state index contributed by atoms with van der Waals surface area (Å²) in [4.78, 5) is 0. The highest BCUT2D eigenvalue weighted by Crippen LogP contribution is 2.44. The first-order valence-electron chi connectivity index (χ1n) is 7.85. The summed E-state index contributed by atoms with van der Waals surface area (Å²) in [6, 6.07) is 3.51. The molecule has 4 N–H and O–H groups in total. The molecule has 0 aliphatic carbocycles. The van der Waals surface area contributed by atoms with Gasteiger partial charge in [-0.3, -0.25) is 5.84 Å². The Morgan fingerprint density at radius 1 is 1.38 bits per heavy atom. The normalized spacial score (nSPS) is 20.5. The molecule has 1 aromatic carbocycles. The molecule has 0 spiro atoms. The van der Waals surface area contributed by atoms with E-state index in [1.165, 1.54) is 0 Å². The molecule has 1 atom stereocenters. The SMILES string of the molecule is COCCCOc1cc([C@H]2CCC(CO)(CO)N2N)c(Br)cc1Cl. The number of ether oxygens (including phenoxy) is 2. The zero-order valence-electron chi connectivity index (χ0n) is 13.7. The Labute approximate surface area is 155 Å². The third-order valence-electron chi connectivity index (χ3n) is 4.52. The monoisotopic (exact) mass is 422 g/mol. The van der Waals surface area contributed by atoms with Crippen molar-refractivity contribution in [1.29, 1.82) is 0 Å². The summed E-state index contributed by atoms with van der Waals surface area (Å²) in [7, 11) is 1.65. The number of methoxy groups -OCH3 is 1. The van der Waals surface area contributed by atoms with Crippen LogP contribution in [0.4, 0.5) is 0 Å². The molecular weight excluding hydrogens is 400 g/mol. The Hall–Kier alpha value is -0.410. The largest absolute Gasteiger partial charge is 0.492 e. The van der Waals surface area contributed by atoms with Crippen LogP contribution in [0.1, 0.15) is 30.9 Å². The highest BCUT2D eigenvalue weighted by atomic mass is 79.9. The molecule has 6 nitrogen and oxygen atoms in total. The van der Waals surface area contributed by atoms with E-state index in [4.69, 9.17) is 26.9 Å². The average Bonchev–Trinajstić information content (AvgIpc) is 2.90. The maximum atomic E-state index is 9.64. The van der Waals surface area contributed by atoms with Gasteiger partial charge in [0.25, 0.3) is 0 Å². The van der Waals surface area contributed by atoms with Gasteiger partial charge in [0.15, 0.2) is 0 Å². The number of aliphatic hydroxyl groups is 2. The molecule has 0 amide bonds. The minimum Gasteiger partial charge on any atom is -0.492 e. The van der Waals surface area contributed by atoms with Crippen LogP contribution in [-0.4, -0.2) is 54.3 Å². The van der Waals surface area contributed by atoms with E-state index < -0.39 is 5.54 Å². The first-order chi connectivity index (χ1) is 11.5. The van der Waals surface area contributed by atoms with E-state index in [0.29, 0.717) is 30.4 Å². The molecule has 24 heavy (non-hydrogen) atoms. The van der Waals surface area contributed by atoms with Gasteiger partial charge >= 0.3 is 0 Å². The van der Waals surface area contributed by atoms with Crippen LogP contribution in [0.3, 0.4) is 0 Å². The lowest BCUT2D eigenvalue weighted by molar-refractivity contribution is -0.00299. The summed E-state index contributed by atoms with van der Waals surface area (Å²) in [5.41, 5.74) is 0.121. The molecule has 1 aliphatic rings.